The van der Waals surface area contributed by atoms with Crippen molar-refractivity contribution >= 4 is 0 Å². The van der Waals surface area contributed by atoms with E-state index in [1.807, 2.05) is 54.6 Å². The zero-order chi connectivity index (χ0) is 19.5. The summed E-state index contributed by atoms with van der Waals surface area (Å²) in [6.07, 6.45) is 1.14. The molecule has 0 aromatic heterocycles. The predicted molar refractivity (Wildman–Crippen MR) is 110 cm³/mol. The van der Waals surface area contributed by atoms with Crippen molar-refractivity contribution in [2.75, 3.05) is 6.61 Å². The Kier molecular flexibility index (Phi) is 5.31. The molecule has 3 nitrogen and oxygen atoms in total. The van der Waals surface area contributed by atoms with E-state index in [9.17, 15) is 10.2 Å². The van der Waals surface area contributed by atoms with Crippen LogP contribution >= 0.6 is 0 Å². The fraction of sp³-hybridized carbons (Fsp3) is 0.280. The minimum absolute atomic E-state index is 0.140. The Morgan fingerprint density at radius 2 is 1.14 bits per heavy atom. The first kappa shape index (κ1) is 18.9. The molecule has 3 heteroatoms. The van der Waals surface area contributed by atoms with Gasteiger partial charge in [-0.05, 0) is 29.5 Å². The van der Waals surface area contributed by atoms with Crippen molar-refractivity contribution in [2.45, 2.75) is 36.6 Å². The highest BCUT2D eigenvalue weighted by Crippen LogP contribution is 2.42. The third-order valence-corrected chi connectivity index (χ3v) is 5.48. The first-order chi connectivity index (χ1) is 13.6. The zero-order valence-electron chi connectivity index (χ0n) is 15.9. The summed E-state index contributed by atoms with van der Waals surface area (Å²) in [7, 11) is 0. The van der Waals surface area contributed by atoms with E-state index in [4.69, 9.17) is 4.74 Å². The van der Waals surface area contributed by atoms with Gasteiger partial charge in [-0.25, -0.2) is 0 Å². The van der Waals surface area contributed by atoms with Crippen molar-refractivity contribution in [2.24, 2.45) is 0 Å². The maximum Gasteiger partial charge on any atom is 0.143 e. The molecule has 0 bridgehead atoms. The first-order valence-corrected chi connectivity index (χ1v) is 9.83. The van der Waals surface area contributed by atoms with Crippen LogP contribution in [0, 0.1) is 0 Å². The van der Waals surface area contributed by atoms with Crippen LogP contribution in [-0.2, 0) is 10.3 Å². The monoisotopic (exact) mass is 374 g/mol. The van der Waals surface area contributed by atoms with E-state index in [2.05, 4.69) is 36.4 Å². The molecule has 4 rings (SSSR count). The van der Waals surface area contributed by atoms with E-state index < -0.39 is 17.3 Å². The van der Waals surface area contributed by atoms with Crippen LogP contribution < -0.4 is 0 Å². The van der Waals surface area contributed by atoms with Gasteiger partial charge in [-0.1, -0.05) is 91.0 Å². The summed E-state index contributed by atoms with van der Waals surface area (Å²) in [5, 5.41) is 20.7. The van der Waals surface area contributed by atoms with E-state index in [1.54, 1.807) is 0 Å². The Morgan fingerprint density at radius 3 is 1.50 bits per heavy atom. The van der Waals surface area contributed by atoms with Gasteiger partial charge in [-0.15, -0.1) is 0 Å². The minimum Gasteiger partial charge on any atom is -0.391 e. The molecule has 0 spiro atoms. The molecule has 3 aromatic carbocycles. The number of aliphatic hydroxyl groups is 2. The van der Waals surface area contributed by atoms with Gasteiger partial charge in [-0.3, -0.25) is 0 Å². The van der Waals surface area contributed by atoms with Gasteiger partial charge in [0.25, 0.3) is 0 Å². The van der Waals surface area contributed by atoms with Crippen molar-refractivity contribution in [3.63, 3.8) is 0 Å². The SMILES string of the molecule is O[C@H](COC(c1ccccc1)(c1ccccc1)c1ccccc1)CC1(O)CC1. The fourth-order valence-corrected chi connectivity index (χ4v) is 3.84. The standard InChI is InChI=1S/C25H26O3/c26-23(18-24(27)16-17-24)19-28-25(20-10-4-1-5-11-20,21-12-6-2-7-13-21)22-14-8-3-9-15-22/h1-15,23,26-27H,16-19H2/t23-/m0/s1. The number of rotatable bonds is 8. The Balaban J connectivity index is 1.76. The average molecular weight is 374 g/mol. The molecule has 0 aliphatic heterocycles. The fourth-order valence-electron chi connectivity index (χ4n) is 3.84. The van der Waals surface area contributed by atoms with Gasteiger partial charge in [0, 0.05) is 6.42 Å². The zero-order valence-corrected chi connectivity index (χ0v) is 15.9. The van der Waals surface area contributed by atoms with Gasteiger partial charge < -0.3 is 14.9 Å². The van der Waals surface area contributed by atoms with E-state index in [0.717, 1.165) is 29.5 Å². The quantitative estimate of drug-likeness (QED) is 0.579. The van der Waals surface area contributed by atoms with E-state index >= 15 is 0 Å². The van der Waals surface area contributed by atoms with E-state index in [1.165, 1.54) is 0 Å². The molecule has 144 valence electrons. The van der Waals surface area contributed by atoms with Crippen molar-refractivity contribution in [3.05, 3.63) is 108 Å². The minimum atomic E-state index is -0.836. The third kappa shape index (κ3) is 3.88. The van der Waals surface area contributed by atoms with Crippen LogP contribution in [0.2, 0.25) is 0 Å². The molecular weight excluding hydrogens is 348 g/mol. The first-order valence-electron chi connectivity index (χ1n) is 9.83. The Morgan fingerprint density at radius 1 is 0.750 bits per heavy atom. The molecule has 0 amide bonds. The molecule has 1 aliphatic carbocycles. The number of hydrogen-bond donors (Lipinski definition) is 2. The second-order valence-electron chi connectivity index (χ2n) is 7.67. The second kappa shape index (κ2) is 7.88. The Hall–Kier alpha value is -2.46. The molecule has 1 fully saturated rings. The van der Waals surface area contributed by atoms with Crippen molar-refractivity contribution in [1.29, 1.82) is 0 Å². The molecule has 1 saturated carbocycles. The number of benzene rings is 3. The van der Waals surface area contributed by atoms with E-state index in [-0.39, 0.29) is 6.61 Å². The smallest absolute Gasteiger partial charge is 0.143 e. The molecule has 0 unspecified atom stereocenters. The Bertz CT molecular complexity index is 777. The van der Waals surface area contributed by atoms with Crippen molar-refractivity contribution < 1.29 is 14.9 Å². The van der Waals surface area contributed by atoms with Crippen LogP contribution in [-0.4, -0.2) is 28.5 Å². The summed E-state index contributed by atoms with van der Waals surface area (Å²) >= 11 is 0. The number of aliphatic hydroxyl groups excluding tert-OH is 1. The van der Waals surface area contributed by atoms with Crippen LogP contribution in [0.4, 0.5) is 0 Å². The highest BCUT2D eigenvalue weighted by atomic mass is 16.5. The van der Waals surface area contributed by atoms with Gasteiger partial charge >= 0.3 is 0 Å². The van der Waals surface area contributed by atoms with Crippen LogP contribution in [0.25, 0.3) is 0 Å². The van der Waals surface area contributed by atoms with Crippen molar-refractivity contribution in [1.82, 2.24) is 0 Å². The molecule has 0 heterocycles. The molecule has 1 aliphatic rings. The summed E-state index contributed by atoms with van der Waals surface area (Å²) in [4.78, 5) is 0. The molecule has 2 N–H and O–H groups in total. The molecule has 3 aromatic rings. The lowest BCUT2D eigenvalue weighted by Gasteiger charge is -2.36. The van der Waals surface area contributed by atoms with Crippen LogP contribution in [0.1, 0.15) is 36.0 Å². The molecule has 28 heavy (non-hydrogen) atoms. The van der Waals surface area contributed by atoms with Gasteiger partial charge in [0.05, 0.1) is 18.3 Å². The maximum absolute atomic E-state index is 10.5. The lowest BCUT2D eigenvalue weighted by molar-refractivity contribution is -0.0535. The lowest BCUT2D eigenvalue weighted by atomic mass is 9.80. The number of ether oxygens (including phenoxy) is 1. The molecular formula is C25H26O3. The van der Waals surface area contributed by atoms with E-state index in [0.29, 0.717) is 6.42 Å². The maximum atomic E-state index is 10.5. The van der Waals surface area contributed by atoms with Gasteiger partial charge in [-0.2, -0.15) is 0 Å². The molecule has 0 radical (unpaired) electrons. The molecule has 1 atom stereocenters. The Labute approximate surface area is 166 Å². The molecule has 0 saturated heterocycles. The van der Waals surface area contributed by atoms with Crippen LogP contribution in [0.15, 0.2) is 91.0 Å². The highest BCUT2D eigenvalue weighted by molar-refractivity contribution is 5.47. The number of hydrogen-bond acceptors (Lipinski definition) is 3. The summed E-state index contributed by atoms with van der Waals surface area (Å²) < 4.78 is 6.56. The van der Waals surface area contributed by atoms with Gasteiger partial charge in [0.15, 0.2) is 0 Å². The second-order valence-corrected chi connectivity index (χ2v) is 7.67. The summed E-state index contributed by atoms with van der Waals surface area (Å²) in [6.45, 7) is 0.140. The van der Waals surface area contributed by atoms with Gasteiger partial charge in [0.2, 0.25) is 0 Å². The normalized spacial score (nSPS) is 16.5. The van der Waals surface area contributed by atoms with Gasteiger partial charge in [0.1, 0.15) is 5.60 Å². The van der Waals surface area contributed by atoms with Crippen LogP contribution in [0.5, 0.6) is 0 Å². The topological polar surface area (TPSA) is 49.7 Å². The lowest BCUT2D eigenvalue weighted by Crippen LogP contribution is -2.36. The predicted octanol–water partition coefficient (Wildman–Crippen LogP) is 4.27. The average Bonchev–Trinajstić information content (AvgIpc) is 3.47. The summed E-state index contributed by atoms with van der Waals surface area (Å²) in [5.74, 6) is 0. The third-order valence-electron chi connectivity index (χ3n) is 5.48. The highest BCUT2D eigenvalue weighted by Gasteiger charge is 2.43. The summed E-state index contributed by atoms with van der Waals surface area (Å²) in [6, 6.07) is 30.3. The van der Waals surface area contributed by atoms with Crippen LogP contribution in [0.3, 0.4) is 0 Å². The summed E-state index contributed by atoms with van der Waals surface area (Å²) in [5.41, 5.74) is 1.47. The largest absolute Gasteiger partial charge is 0.391 e. The van der Waals surface area contributed by atoms with Crippen molar-refractivity contribution in [3.8, 4) is 0 Å².